The first-order valence-corrected chi connectivity index (χ1v) is 6.55. The van der Waals surface area contributed by atoms with Gasteiger partial charge in [0.1, 0.15) is 0 Å². The Morgan fingerprint density at radius 1 is 1.24 bits per heavy atom. The van der Waals surface area contributed by atoms with Crippen molar-refractivity contribution in [3.05, 3.63) is 35.4 Å². The molecule has 0 saturated heterocycles. The van der Waals surface area contributed by atoms with E-state index in [0.717, 1.165) is 5.56 Å². The van der Waals surface area contributed by atoms with E-state index in [9.17, 15) is 9.59 Å². The van der Waals surface area contributed by atoms with Crippen LogP contribution in [0, 0.1) is 16.7 Å². The summed E-state index contributed by atoms with van der Waals surface area (Å²) in [6, 6.07) is 8.07. The number of nitriles is 1. The zero-order valence-electron chi connectivity index (χ0n) is 12.1. The first-order valence-electron chi connectivity index (χ1n) is 6.55. The summed E-state index contributed by atoms with van der Waals surface area (Å²) in [6.07, 6.45) is 0.365. The van der Waals surface area contributed by atoms with E-state index in [0.29, 0.717) is 19.5 Å². The average molecular weight is 289 g/mol. The Hall–Kier alpha value is -2.55. The summed E-state index contributed by atoms with van der Waals surface area (Å²) in [5.74, 6) is -0.980. The summed E-state index contributed by atoms with van der Waals surface area (Å²) in [4.78, 5) is 22.4. The van der Waals surface area contributed by atoms with Crippen molar-refractivity contribution in [3.8, 4) is 6.07 Å². The number of carbonyl (C=O) groups is 2. The number of urea groups is 1. The van der Waals surface area contributed by atoms with Crippen LogP contribution >= 0.6 is 0 Å². The van der Waals surface area contributed by atoms with Gasteiger partial charge in [-0.3, -0.25) is 0 Å². The van der Waals surface area contributed by atoms with Gasteiger partial charge in [0.15, 0.2) is 0 Å². The van der Waals surface area contributed by atoms with Gasteiger partial charge in [-0.15, -0.1) is 0 Å². The predicted molar refractivity (Wildman–Crippen MR) is 77.7 cm³/mol. The van der Waals surface area contributed by atoms with Crippen LogP contribution in [0.15, 0.2) is 24.3 Å². The van der Waals surface area contributed by atoms with Crippen LogP contribution < -0.4 is 10.6 Å². The average Bonchev–Trinajstić information content (AvgIpc) is 2.43. The van der Waals surface area contributed by atoms with Gasteiger partial charge < -0.3 is 15.7 Å². The minimum absolute atomic E-state index is 0.210. The maximum atomic E-state index is 11.6. The van der Waals surface area contributed by atoms with E-state index in [4.69, 9.17) is 10.4 Å². The fourth-order valence-corrected chi connectivity index (χ4v) is 1.61. The Kier molecular flexibility index (Phi) is 5.73. The molecule has 0 fully saturated rings. The highest BCUT2D eigenvalue weighted by molar-refractivity contribution is 5.87. The molecule has 0 aliphatic rings. The molecule has 112 valence electrons. The van der Waals surface area contributed by atoms with Gasteiger partial charge in [-0.25, -0.2) is 9.59 Å². The molecule has 0 aliphatic carbocycles. The summed E-state index contributed by atoms with van der Waals surface area (Å²) in [6.45, 7) is 4.52. The van der Waals surface area contributed by atoms with E-state index in [1.165, 1.54) is 12.1 Å². The van der Waals surface area contributed by atoms with Crippen molar-refractivity contribution in [3.63, 3.8) is 0 Å². The second kappa shape index (κ2) is 7.29. The van der Waals surface area contributed by atoms with E-state index in [-0.39, 0.29) is 17.0 Å². The van der Waals surface area contributed by atoms with Crippen molar-refractivity contribution < 1.29 is 14.7 Å². The van der Waals surface area contributed by atoms with Crippen LogP contribution in [0.5, 0.6) is 0 Å². The molecular weight excluding hydrogens is 270 g/mol. The van der Waals surface area contributed by atoms with Gasteiger partial charge >= 0.3 is 12.0 Å². The standard InChI is InChI=1S/C15H19N3O3/c1-15(2,7-8-16)10-18-14(21)17-9-11-3-5-12(6-4-11)13(19)20/h3-6H,7,9-10H2,1-2H3,(H,19,20)(H2,17,18,21). The van der Waals surface area contributed by atoms with Crippen LogP contribution in [-0.2, 0) is 6.54 Å². The lowest BCUT2D eigenvalue weighted by atomic mass is 9.90. The molecule has 0 bridgehead atoms. The third kappa shape index (κ3) is 5.95. The molecule has 0 radical (unpaired) electrons. The number of nitrogens with one attached hydrogen (secondary N) is 2. The van der Waals surface area contributed by atoms with Gasteiger partial charge in [-0.05, 0) is 23.1 Å². The summed E-state index contributed by atoms with van der Waals surface area (Å²) in [7, 11) is 0. The zero-order chi connectivity index (χ0) is 15.9. The number of carbonyl (C=O) groups excluding carboxylic acids is 1. The number of aromatic carboxylic acids is 1. The molecule has 0 spiro atoms. The summed E-state index contributed by atoms with van der Waals surface area (Å²) in [5.41, 5.74) is 0.753. The minimum Gasteiger partial charge on any atom is -0.478 e. The topological polar surface area (TPSA) is 102 Å². The molecule has 1 rings (SSSR count). The van der Waals surface area contributed by atoms with Crippen LogP contribution in [0.25, 0.3) is 0 Å². The fourth-order valence-electron chi connectivity index (χ4n) is 1.61. The third-order valence-electron chi connectivity index (χ3n) is 2.94. The van der Waals surface area contributed by atoms with Crippen LogP contribution in [0.2, 0.25) is 0 Å². The quantitative estimate of drug-likeness (QED) is 0.746. The van der Waals surface area contributed by atoms with Crippen LogP contribution in [0.4, 0.5) is 4.79 Å². The van der Waals surface area contributed by atoms with Gasteiger partial charge in [0.05, 0.1) is 11.6 Å². The van der Waals surface area contributed by atoms with Gasteiger partial charge in [0.2, 0.25) is 0 Å². The minimum atomic E-state index is -0.980. The molecule has 6 nitrogen and oxygen atoms in total. The molecule has 6 heteroatoms. The van der Waals surface area contributed by atoms with E-state index < -0.39 is 5.97 Å². The Morgan fingerprint density at radius 2 is 1.86 bits per heavy atom. The predicted octanol–water partition coefficient (Wildman–Crippen LogP) is 2.12. The molecule has 0 aromatic heterocycles. The number of nitrogens with zero attached hydrogens (tertiary/aromatic N) is 1. The fraction of sp³-hybridized carbons (Fsp3) is 0.400. The van der Waals surface area contributed by atoms with Crippen molar-refractivity contribution in [2.75, 3.05) is 6.54 Å². The van der Waals surface area contributed by atoms with Crippen molar-refractivity contribution >= 4 is 12.0 Å². The molecule has 1 aromatic carbocycles. The molecule has 21 heavy (non-hydrogen) atoms. The van der Waals surface area contributed by atoms with Crippen molar-refractivity contribution in [2.24, 2.45) is 5.41 Å². The second-order valence-electron chi connectivity index (χ2n) is 5.54. The van der Waals surface area contributed by atoms with Crippen LogP contribution in [-0.4, -0.2) is 23.7 Å². The monoisotopic (exact) mass is 289 g/mol. The molecular formula is C15H19N3O3. The number of hydrogen-bond donors (Lipinski definition) is 3. The van der Waals surface area contributed by atoms with Gasteiger partial charge in [0, 0.05) is 19.5 Å². The first-order chi connectivity index (χ1) is 9.84. The van der Waals surface area contributed by atoms with Crippen LogP contribution in [0.3, 0.4) is 0 Å². The summed E-state index contributed by atoms with van der Waals surface area (Å²) >= 11 is 0. The number of carboxylic acids is 1. The van der Waals surface area contributed by atoms with E-state index in [1.807, 2.05) is 13.8 Å². The molecule has 1 aromatic rings. The lowest BCUT2D eigenvalue weighted by molar-refractivity contribution is 0.0697. The number of amides is 2. The normalized spacial score (nSPS) is 10.5. The van der Waals surface area contributed by atoms with Gasteiger partial charge in [-0.1, -0.05) is 26.0 Å². The SMILES string of the molecule is CC(C)(CC#N)CNC(=O)NCc1ccc(C(=O)O)cc1. The largest absolute Gasteiger partial charge is 0.478 e. The van der Waals surface area contributed by atoms with Crippen molar-refractivity contribution in [2.45, 2.75) is 26.8 Å². The van der Waals surface area contributed by atoms with E-state index in [2.05, 4.69) is 16.7 Å². The maximum absolute atomic E-state index is 11.6. The maximum Gasteiger partial charge on any atom is 0.335 e. The summed E-state index contributed by atoms with van der Waals surface area (Å²) < 4.78 is 0. The van der Waals surface area contributed by atoms with Crippen molar-refractivity contribution in [1.29, 1.82) is 5.26 Å². The molecule has 0 heterocycles. The Balaban J connectivity index is 2.39. The molecule has 0 atom stereocenters. The van der Waals surface area contributed by atoms with E-state index >= 15 is 0 Å². The highest BCUT2D eigenvalue weighted by Crippen LogP contribution is 2.17. The first kappa shape index (κ1) is 16.5. The Labute approximate surface area is 123 Å². The second-order valence-corrected chi connectivity index (χ2v) is 5.54. The number of rotatable bonds is 6. The van der Waals surface area contributed by atoms with Crippen molar-refractivity contribution in [1.82, 2.24) is 10.6 Å². The molecule has 2 amide bonds. The third-order valence-corrected chi connectivity index (χ3v) is 2.94. The summed E-state index contributed by atoms with van der Waals surface area (Å²) in [5, 5.41) is 22.8. The molecule has 0 aliphatic heterocycles. The molecule has 0 saturated carbocycles. The smallest absolute Gasteiger partial charge is 0.335 e. The molecule has 3 N–H and O–H groups in total. The van der Waals surface area contributed by atoms with Gasteiger partial charge in [-0.2, -0.15) is 5.26 Å². The zero-order valence-corrected chi connectivity index (χ0v) is 12.1. The highest BCUT2D eigenvalue weighted by Gasteiger charge is 2.18. The van der Waals surface area contributed by atoms with Crippen LogP contribution in [0.1, 0.15) is 36.2 Å². The van der Waals surface area contributed by atoms with E-state index in [1.54, 1.807) is 12.1 Å². The number of carboxylic acid groups (broad SMARTS) is 1. The Bertz CT molecular complexity index is 544. The lowest BCUT2D eigenvalue weighted by Gasteiger charge is -2.21. The Morgan fingerprint density at radius 3 is 2.38 bits per heavy atom. The lowest BCUT2D eigenvalue weighted by Crippen LogP contribution is -2.40. The highest BCUT2D eigenvalue weighted by atomic mass is 16.4. The molecule has 0 unspecified atom stereocenters. The number of benzene rings is 1. The van der Waals surface area contributed by atoms with Gasteiger partial charge in [0.25, 0.3) is 0 Å². The number of hydrogen-bond acceptors (Lipinski definition) is 3.